The number of carbonyl (C=O) groups excluding carboxylic acids is 1. The standard InChI is InChI=1S/C15H16O/c16-14-8-7-13-11-4-1-3-9(11)10-5-2-6-12(10)15(13)14/h1-8H2. The summed E-state index contributed by atoms with van der Waals surface area (Å²) in [5.74, 6) is 0.433. The number of Topliss-reactive ketones (excluding diaryl/α,β-unsaturated/α-hetero) is 1. The molecular weight excluding hydrogens is 196 g/mol. The molecule has 3 aliphatic rings. The lowest BCUT2D eigenvalue weighted by molar-refractivity contribution is 0.0994. The molecule has 0 spiro atoms. The smallest absolute Gasteiger partial charge is 0.163 e. The highest BCUT2D eigenvalue weighted by atomic mass is 16.1. The van der Waals surface area contributed by atoms with E-state index < -0.39 is 0 Å². The van der Waals surface area contributed by atoms with Gasteiger partial charge in [0.15, 0.2) is 5.78 Å². The second-order valence-electron chi connectivity index (χ2n) is 5.40. The summed E-state index contributed by atoms with van der Waals surface area (Å²) in [4.78, 5) is 12.0. The molecule has 0 N–H and O–H groups in total. The number of rotatable bonds is 0. The van der Waals surface area contributed by atoms with Gasteiger partial charge in [-0.2, -0.15) is 0 Å². The quantitative estimate of drug-likeness (QED) is 0.646. The van der Waals surface area contributed by atoms with E-state index in [1.807, 2.05) is 0 Å². The van der Waals surface area contributed by atoms with Crippen LogP contribution in [0, 0.1) is 0 Å². The van der Waals surface area contributed by atoms with Crippen LogP contribution in [0.4, 0.5) is 0 Å². The summed E-state index contributed by atoms with van der Waals surface area (Å²) in [6.45, 7) is 0. The summed E-state index contributed by atoms with van der Waals surface area (Å²) >= 11 is 0. The molecule has 3 aliphatic carbocycles. The van der Waals surface area contributed by atoms with E-state index >= 15 is 0 Å². The molecular formula is C15H16O. The lowest BCUT2D eigenvalue weighted by Gasteiger charge is -2.14. The Balaban J connectivity index is 2.11. The van der Waals surface area contributed by atoms with Crippen molar-refractivity contribution in [2.45, 2.75) is 51.4 Å². The Morgan fingerprint density at radius 1 is 0.562 bits per heavy atom. The highest BCUT2D eigenvalue weighted by Gasteiger charge is 2.33. The molecule has 1 aromatic rings. The summed E-state index contributed by atoms with van der Waals surface area (Å²) in [5, 5.41) is 0. The zero-order valence-electron chi connectivity index (χ0n) is 9.57. The van der Waals surface area contributed by atoms with Gasteiger partial charge in [-0.1, -0.05) is 0 Å². The van der Waals surface area contributed by atoms with Gasteiger partial charge in [-0.05, 0) is 72.8 Å². The third-order valence-electron chi connectivity index (χ3n) is 4.65. The van der Waals surface area contributed by atoms with Crippen LogP contribution in [-0.4, -0.2) is 5.78 Å². The fourth-order valence-corrected chi connectivity index (χ4v) is 4.07. The number of benzene rings is 1. The van der Waals surface area contributed by atoms with Gasteiger partial charge in [0.2, 0.25) is 0 Å². The predicted molar refractivity (Wildman–Crippen MR) is 63.1 cm³/mol. The average molecular weight is 212 g/mol. The van der Waals surface area contributed by atoms with Crippen molar-refractivity contribution in [3.05, 3.63) is 33.4 Å². The first-order chi connectivity index (χ1) is 7.86. The summed E-state index contributed by atoms with van der Waals surface area (Å²) < 4.78 is 0. The molecule has 0 unspecified atom stereocenters. The van der Waals surface area contributed by atoms with Crippen LogP contribution in [0.25, 0.3) is 0 Å². The van der Waals surface area contributed by atoms with Gasteiger partial charge in [0, 0.05) is 12.0 Å². The van der Waals surface area contributed by atoms with E-state index in [4.69, 9.17) is 0 Å². The van der Waals surface area contributed by atoms with Crippen LogP contribution in [0.15, 0.2) is 0 Å². The van der Waals surface area contributed by atoms with Crippen molar-refractivity contribution in [3.63, 3.8) is 0 Å². The molecule has 0 saturated carbocycles. The molecule has 0 fully saturated rings. The molecule has 1 aromatic carbocycles. The zero-order valence-corrected chi connectivity index (χ0v) is 9.57. The Kier molecular flexibility index (Phi) is 1.66. The maximum atomic E-state index is 12.0. The van der Waals surface area contributed by atoms with E-state index in [0.29, 0.717) is 5.78 Å². The molecule has 0 amide bonds. The van der Waals surface area contributed by atoms with Crippen LogP contribution in [-0.2, 0) is 32.1 Å². The number of fused-ring (bicyclic) bond motifs is 6. The van der Waals surface area contributed by atoms with Crippen molar-refractivity contribution in [2.24, 2.45) is 0 Å². The predicted octanol–water partition coefficient (Wildman–Crippen LogP) is 2.79. The van der Waals surface area contributed by atoms with Gasteiger partial charge in [-0.15, -0.1) is 0 Å². The van der Waals surface area contributed by atoms with E-state index in [-0.39, 0.29) is 0 Å². The van der Waals surface area contributed by atoms with Gasteiger partial charge in [-0.25, -0.2) is 0 Å². The second-order valence-corrected chi connectivity index (χ2v) is 5.40. The largest absolute Gasteiger partial charge is 0.294 e. The van der Waals surface area contributed by atoms with E-state index in [2.05, 4.69) is 0 Å². The maximum absolute atomic E-state index is 12.0. The Morgan fingerprint density at radius 3 is 1.75 bits per heavy atom. The zero-order chi connectivity index (χ0) is 10.7. The molecule has 16 heavy (non-hydrogen) atoms. The summed E-state index contributed by atoms with van der Waals surface area (Å²) in [7, 11) is 0. The van der Waals surface area contributed by atoms with Gasteiger partial charge in [0.25, 0.3) is 0 Å². The third kappa shape index (κ3) is 0.946. The third-order valence-corrected chi connectivity index (χ3v) is 4.65. The van der Waals surface area contributed by atoms with Gasteiger partial charge < -0.3 is 0 Å². The van der Waals surface area contributed by atoms with Gasteiger partial charge >= 0.3 is 0 Å². The van der Waals surface area contributed by atoms with Crippen LogP contribution in [0.5, 0.6) is 0 Å². The molecule has 82 valence electrons. The molecule has 0 radical (unpaired) electrons. The molecule has 4 rings (SSSR count). The van der Waals surface area contributed by atoms with Gasteiger partial charge in [0.05, 0.1) is 0 Å². The number of hydrogen-bond donors (Lipinski definition) is 0. The Hall–Kier alpha value is -1.11. The molecule has 0 saturated heterocycles. The minimum absolute atomic E-state index is 0.433. The molecule has 1 heteroatoms. The van der Waals surface area contributed by atoms with E-state index in [0.717, 1.165) is 19.3 Å². The average Bonchev–Trinajstić information content (AvgIpc) is 2.91. The Labute approximate surface area is 95.9 Å². The lowest BCUT2D eigenvalue weighted by atomic mass is 9.90. The van der Waals surface area contributed by atoms with Crippen molar-refractivity contribution >= 4 is 5.78 Å². The minimum Gasteiger partial charge on any atom is -0.294 e. The normalized spacial score (nSPS) is 21.1. The van der Waals surface area contributed by atoms with E-state index in [9.17, 15) is 4.79 Å². The number of carbonyl (C=O) groups is 1. The first-order valence-corrected chi connectivity index (χ1v) is 6.58. The highest BCUT2D eigenvalue weighted by Crippen LogP contribution is 2.42. The van der Waals surface area contributed by atoms with Crippen LogP contribution < -0.4 is 0 Å². The molecule has 0 aliphatic heterocycles. The van der Waals surface area contributed by atoms with Crippen molar-refractivity contribution in [1.29, 1.82) is 0 Å². The molecule has 0 aromatic heterocycles. The van der Waals surface area contributed by atoms with E-state index in [1.54, 1.807) is 16.7 Å². The fraction of sp³-hybridized carbons (Fsp3) is 0.533. The summed E-state index contributed by atoms with van der Waals surface area (Å²) in [6.07, 6.45) is 9.30. The van der Waals surface area contributed by atoms with E-state index in [1.165, 1.54) is 48.8 Å². The van der Waals surface area contributed by atoms with Crippen molar-refractivity contribution in [1.82, 2.24) is 0 Å². The van der Waals surface area contributed by atoms with Gasteiger partial charge in [-0.3, -0.25) is 4.79 Å². The minimum atomic E-state index is 0.433. The number of hydrogen-bond acceptors (Lipinski definition) is 1. The van der Waals surface area contributed by atoms with Crippen LogP contribution in [0.3, 0.4) is 0 Å². The first kappa shape index (κ1) is 8.98. The van der Waals surface area contributed by atoms with Crippen LogP contribution in [0.2, 0.25) is 0 Å². The monoisotopic (exact) mass is 212 g/mol. The molecule has 1 nitrogen and oxygen atoms in total. The van der Waals surface area contributed by atoms with Crippen LogP contribution in [0.1, 0.15) is 57.4 Å². The van der Waals surface area contributed by atoms with Gasteiger partial charge in [0.1, 0.15) is 0 Å². The second kappa shape index (κ2) is 2.97. The first-order valence-electron chi connectivity index (χ1n) is 6.58. The summed E-state index contributed by atoms with van der Waals surface area (Å²) in [6, 6.07) is 0. The summed E-state index contributed by atoms with van der Waals surface area (Å²) in [5.41, 5.74) is 8.91. The highest BCUT2D eigenvalue weighted by molar-refractivity contribution is 6.03. The van der Waals surface area contributed by atoms with Crippen LogP contribution >= 0.6 is 0 Å². The van der Waals surface area contributed by atoms with Crippen molar-refractivity contribution in [2.75, 3.05) is 0 Å². The fourth-order valence-electron chi connectivity index (χ4n) is 4.07. The lowest BCUT2D eigenvalue weighted by Crippen LogP contribution is -2.04. The van der Waals surface area contributed by atoms with Crippen molar-refractivity contribution < 1.29 is 4.79 Å². The van der Waals surface area contributed by atoms with Crippen molar-refractivity contribution in [3.8, 4) is 0 Å². The number of ketones is 1. The topological polar surface area (TPSA) is 17.1 Å². The molecule has 0 heterocycles. The maximum Gasteiger partial charge on any atom is 0.163 e. The molecule has 0 bridgehead atoms. The molecule has 0 atom stereocenters. The Bertz CT molecular complexity index is 488. The Morgan fingerprint density at radius 2 is 1.06 bits per heavy atom. The SMILES string of the molecule is O=C1CCc2c3c(c4c(c21)CCC4)CCC3.